The van der Waals surface area contributed by atoms with Gasteiger partial charge in [0.2, 0.25) is 10.0 Å². The summed E-state index contributed by atoms with van der Waals surface area (Å²) in [5, 5.41) is 8.73. The number of benzene rings is 2. The van der Waals surface area contributed by atoms with Gasteiger partial charge in [0.25, 0.3) is 0 Å². The summed E-state index contributed by atoms with van der Waals surface area (Å²) in [6.45, 7) is 2.62. The molecule has 10 heteroatoms. The predicted molar refractivity (Wildman–Crippen MR) is 122 cm³/mol. The van der Waals surface area contributed by atoms with Crippen molar-refractivity contribution in [2.75, 3.05) is 51.4 Å². The van der Waals surface area contributed by atoms with Gasteiger partial charge in [-0.15, -0.1) is 10.2 Å². The maximum absolute atomic E-state index is 13.1. The van der Waals surface area contributed by atoms with Gasteiger partial charge in [-0.1, -0.05) is 12.1 Å². The standard InChI is InChI=1S/C23H24N4O5S/c1-30-20-5-3-2-4-18(20)19-7-9-23(25-24-19)26-10-12-27(13-11-26)33(28,29)17-6-8-21-22(16-17)32-15-14-31-21/h2-9,16H,10-15H2,1H3. The summed E-state index contributed by atoms with van der Waals surface area (Å²) in [5.74, 6) is 2.48. The Hall–Kier alpha value is -3.37. The highest BCUT2D eigenvalue weighted by Crippen LogP contribution is 2.33. The Kier molecular flexibility index (Phi) is 5.77. The number of aromatic nitrogens is 2. The number of hydrogen-bond acceptors (Lipinski definition) is 8. The van der Waals surface area contributed by atoms with E-state index in [1.807, 2.05) is 41.3 Å². The molecule has 9 nitrogen and oxygen atoms in total. The van der Waals surface area contributed by atoms with Gasteiger partial charge in [-0.25, -0.2) is 8.42 Å². The Morgan fingerprint density at radius 3 is 2.36 bits per heavy atom. The Bertz CT molecular complexity index is 1240. The Morgan fingerprint density at radius 2 is 1.64 bits per heavy atom. The van der Waals surface area contributed by atoms with Crippen LogP contribution in [0.2, 0.25) is 0 Å². The quantitative estimate of drug-likeness (QED) is 0.564. The molecule has 2 aromatic carbocycles. The lowest BCUT2D eigenvalue weighted by Gasteiger charge is -2.34. The highest BCUT2D eigenvalue weighted by Gasteiger charge is 2.30. The number of rotatable bonds is 5. The van der Waals surface area contributed by atoms with Crippen LogP contribution in [0.3, 0.4) is 0 Å². The first-order valence-electron chi connectivity index (χ1n) is 10.7. The van der Waals surface area contributed by atoms with Gasteiger partial charge in [0.15, 0.2) is 17.3 Å². The molecule has 2 aliphatic heterocycles. The van der Waals surface area contributed by atoms with Crippen LogP contribution in [0.1, 0.15) is 0 Å². The SMILES string of the molecule is COc1ccccc1-c1ccc(N2CCN(S(=O)(=O)c3ccc4c(c3)OCCO4)CC2)nn1. The zero-order chi connectivity index (χ0) is 22.8. The topological polar surface area (TPSA) is 94.1 Å². The van der Waals surface area contributed by atoms with Crippen LogP contribution in [-0.4, -0.2) is 69.4 Å². The number of piperazine rings is 1. The molecule has 0 radical (unpaired) electrons. The number of fused-ring (bicyclic) bond motifs is 1. The van der Waals surface area contributed by atoms with Gasteiger partial charge < -0.3 is 19.1 Å². The van der Waals surface area contributed by atoms with Gasteiger partial charge in [0, 0.05) is 37.8 Å². The molecule has 2 aliphatic rings. The number of anilines is 1. The van der Waals surface area contributed by atoms with Crippen LogP contribution in [0, 0.1) is 0 Å². The molecule has 0 saturated carbocycles. The summed E-state index contributed by atoms with van der Waals surface area (Å²) in [6, 6.07) is 16.2. The molecule has 0 spiro atoms. The first-order valence-corrected chi connectivity index (χ1v) is 12.1. The molecule has 1 fully saturated rings. The summed E-state index contributed by atoms with van der Waals surface area (Å²) >= 11 is 0. The Labute approximate surface area is 192 Å². The van der Waals surface area contributed by atoms with Crippen molar-refractivity contribution in [3.63, 3.8) is 0 Å². The summed E-state index contributed by atoms with van der Waals surface area (Å²) in [6.07, 6.45) is 0. The molecule has 0 aliphatic carbocycles. The third kappa shape index (κ3) is 4.19. The molecule has 3 aromatic rings. The van der Waals surface area contributed by atoms with Crippen molar-refractivity contribution in [2.24, 2.45) is 0 Å². The van der Waals surface area contributed by atoms with Gasteiger partial charge in [0.1, 0.15) is 19.0 Å². The molecule has 172 valence electrons. The molecule has 1 aromatic heterocycles. The van der Waals surface area contributed by atoms with E-state index in [2.05, 4.69) is 10.2 Å². The van der Waals surface area contributed by atoms with Crippen molar-refractivity contribution < 1.29 is 22.6 Å². The number of methoxy groups -OCH3 is 1. The number of nitrogens with zero attached hydrogens (tertiary/aromatic N) is 4. The van der Waals surface area contributed by atoms with E-state index in [1.54, 1.807) is 19.2 Å². The minimum Gasteiger partial charge on any atom is -0.496 e. The van der Waals surface area contributed by atoms with Crippen LogP contribution < -0.4 is 19.1 Å². The Morgan fingerprint density at radius 1 is 0.879 bits per heavy atom. The molecule has 3 heterocycles. The normalized spacial score (nSPS) is 16.5. The number of para-hydroxylation sites is 1. The van der Waals surface area contributed by atoms with E-state index < -0.39 is 10.0 Å². The van der Waals surface area contributed by atoms with E-state index in [0.717, 1.165) is 17.0 Å². The molecule has 0 N–H and O–H groups in total. The highest BCUT2D eigenvalue weighted by atomic mass is 32.2. The second kappa shape index (κ2) is 8.87. The maximum Gasteiger partial charge on any atom is 0.243 e. The molecule has 0 unspecified atom stereocenters. The lowest BCUT2D eigenvalue weighted by Crippen LogP contribution is -2.49. The van der Waals surface area contributed by atoms with E-state index >= 15 is 0 Å². The zero-order valence-electron chi connectivity index (χ0n) is 18.2. The van der Waals surface area contributed by atoms with Crippen LogP contribution in [-0.2, 0) is 10.0 Å². The molecule has 0 bridgehead atoms. The summed E-state index contributed by atoms with van der Waals surface area (Å²) in [5.41, 5.74) is 1.59. The van der Waals surface area contributed by atoms with Crippen molar-refractivity contribution in [3.8, 4) is 28.5 Å². The van der Waals surface area contributed by atoms with E-state index in [0.29, 0.717) is 56.7 Å². The van der Waals surface area contributed by atoms with Crippen LogP contribution in [0.5, 0.6) is 17.2 Å². The van der Waals surface area contributed by atoms with E-state index in [-0.39, 0.29) is 4.90 Å². The molecule has 5 rings (SSSR count). The van der Waals surface area contributed by atoms with Gasteiger partial charge in [-0.3, -0.25) is 0 Å². The average molecular weight is 469 g/mol. The van der Waals surface area contributed by atoms with Crippen molar-refractivity contribution in [1.82, 2.24) is 14.5 Å². The third-order valence-electron chi connectivity index (χ3n) is 5.75. The van der Waals surface area contributed by atoms with Crippen molar-refractivity contribution in [1.29, 1.82) is 0 Å². The zero-order valence-corrected chi connectivity index (χ0v) is 19.0. The fraction of sp³-hybridized carbons (Fsp3) is 0.304. The first-order chi connectivity index (χ1) is 16.1. The van der Waals surface area contributed by atoms with E-state index in [4.69, 9.17) is 14.2 Å². The fourth-order valence-electron chi connectivity index (χ4n) is 3.98. The minimum absolute atomic E-state index is 0.209. The summed E-state index contributed by atoms with van der Waals surface area (Å²) < 4.78 is 44.2. The van der Waals surface area contributed by atoms with Gasteiger partial charge >= 0.3 is 0 Å². The Balaban J connectivity index is 1.27. The first kappa shape index (κ1) is 21.5. The van der Waals surface area contributed by atoms with E-state index in [9.17, 15) is 8.42 Å². The second-order valence-electron chi connectivity index (χ2n) is 7.67. The summed E-state index contributed by atoms with van der Waals surface area (Å²) in [7, 11) is -2.01. The molecule has 33 heavy (non-hydrogen) atoms. The maximum atomic E-state index is 13.1. The van der Waals surface area contributed by atoms with Crippen LogP contribution in [0.4, 0.5) is 5.82 Å². The third-order valence-corrected chi connectivity index (χ3v) is 7.64. The van der Waals surface area contributed by atoms with Gasteiger partial charge in [-0.05, 0) is 36.4 Å². The molecular formula is C23H24N4O5S. The minimum atomic E-state index is -3.63. The highest BCUT2D eigenvalue weighted by molar-refractivity contribution is 7.89. The predicted octanol–water partition coefficient (Wildman–Crippen LogP) is 2.43. The lowest BCUT2D eigenvalue weighted by atomic mass is 10.1. The average Bonchev–Trinajstić information content (AvgIpc) is 2.88. The van der Waals surface area contributed by atoms with E-state index in [1.165, 1.54) is 10.4 Å². The molecule has 0 atom stereocenters. The monoisotopic (exact) mass is 468 g/mol. The number of hydrogen-bond donors (Lipinski definition) is 0. The summed E-state index contributed by atoms with van der Waals surface area (Å²) in [4.78, 5) is 2.25. The van der Waals surface area contributed by atoms with Crippen molar-refractivity contribution >= 4 is 15.8 Å². The largest absolute Gasteiger partial charge is 0.496 e. The number of sulfonamides is 1. The fourth-order valence-corrected chi connectivity index (χ4v) is 5.42. The molecule has 1 saturated heterocycles. The second-order valence-corrected chi connectivity index (χ2v) is 9.61. The van der Waals surface area contributed by atoms with Crippen molar-refractivity contribution in [2.45, 2.75) is 4.90 Å². The van der Waals surface area contributed by atoms with Gasteiger partial charge in [0.05, 0.1) is 17.7 Å². The number of ether oxygens (including phenoxy) is 3. The van der Waals surface area contributed by atoms with Crippen LogP contribution in [0.25, 0.3) is 11.3 Å². The molecular weight excluding hydrogens is 444 g/mol. The van der Waals surface area contributed by atoms with Gasteiger partial charge in [-0.2, -0.15) is 4.31 Å². The lowest BCUT2D eigenvalue weighted by molar-refractivity contribution is 0.171. The van der Waals surface area contributed by atoms with Crippen molar-refractivity contribution in [3.05, 3.63) is 54.6 Å². The van der Waals surface area contributed by atoms with Crippen LogP contribution in [0.15, 0.2) is 59.5 Å². The molecule has 0 amide bonds. The smallest absolute Gasteiger partial charge is 0.243 e. The van der Waals surface area contributed by atoms with Crippen LogP contribution >= 0.6 is 0 Å².